The van der Waals surface area contributed by atoms with Gasteiger partial charge in [-0.2, -0.15) is 0 Å². The summed E-state index contributed by atoms with van der Waals surface area (Å²) in [5.41, 5.74) is 2.15. The van der Waals surface area contributed by atoms with Gasteiger partial charge >= 0.3 is 0 Å². The minimum absolute atomic E-state index is 0.273. The third-order valence-electron chi connectivity index (χ3n) is 4.51. The Morgan fingerprint density at radius 3 is 2.60 bits per heavy atom. The molecule has 0 aromatic heterocycles. The predicted molar refractivity (Wildman–Crippen MR) is 84.3 cm³/mol. The molecule has 2 heteroatoms. The molecule has 1 heterocycles. The van der Waals surface area contributed by atoms with Crippen LogP contribution < -0.4 is 5.32 Å². The fraction of sp³-hybridized carbons (Fsp3) is 0.611. The molecule has 0 aliphatic carbocycles. The minimum Gasteiger partial charge on any atom is -0.314 e. The van der Waals surface area contributed by atoms with Crippen LogP contribution in [0.2, 0.25) is 0 Å². The number of nitrogens with one attached hydrogen (secondary N) is 1. The summed E-state index contributed by atoms with van der Waals surface area (Å²) in [5.74, 6) is 1.58. The molecule has 2 rings (SSSR count). The van der Waals surface area contributed by atoms with E-state index in [0.717, 1.165) is 24.4 Å². The Morgan fingerprint density at radius 2 is 2.00 bits per heavy atom. The van der Waals surface area contributed by atoms with Crippen molar-refractivity contribution in [2.75, 3.05) is 6.54 Å². The van der Waals surface area contributed by atoms with Crippen molar-refractivity contribution in [3.05, 3.63) is 35.4 Å². The van der Waals surface area contributed by atoms with E-state index in [0.29, 0.717) is 18.4 Å². The normalized spacial score (nSPS) is 23.0. The standard InChI is InChI=1S/C18H27NO/c1-4-14-9-10-19-17(11-14)12-18(20)16-7-5-15(6-8-16)13(2)3/h5-8,13-14,17,19H,4,9-12H2,1-3H3. The van der Waals surface area contributed by atoms with E-state index < -0.39 is 0 Å². The zero-order valence-electron chi connectivity index (χ0n) is 13.0. The molecule has 0 saturated carbocycles. The van der Waals surface area contributed by atoms with E-state index in [1.807, 2.05) is 12.1 Å². The summed E-state index contributed by atoms with van der Waals surface area (Å²) in [5, 5.41) is 3.49. The molecular formula is C18H27NO. The van der Waals surface area contributed by atoms with Gasteiger partial charge in [0.2, 0.25) is 0 Å². The van der Waals surface area contributed by atoms with Crippen molar-refractivity contribution in [2.45, 2.75) is 58.4 Å². The van der Waals surface area contributed by atoms with Crippen molar-refractivity contribution < 1.29 is 4.79 Å². The van der Waals surface area contributed by atoms with Crippen molar-refractivity contribution in [2.24, 2.45) is 5.92 Å². The summed E-state index contributed by atoms with van der Waals surface area (Å²) in [7, 11) is 0. The quantitative estimate of drug-likeness (QED) is 0.816. The average molecular weight is 273 g/mol. The second-order valence-electron chi connectivity index (χ2n) is 6.35. The predicted octanol–water partition coefficient (Wildman–Crippen LogP) is 4.16. The number of carbonyl (C=O) groups is 1. The molecule has 1 aliphatic heterocycles. The summed E-state index contributed by atoms with van der Waals surface area (Å²) in [4.78, 5) is 12.3. The molecule has 110 valence electrons. The van der Waals surface area contributed by atoms with Gasteiger partial charge in [-0.05, 0) is 36.8 Å². The lowest BCUT2D eigenvalue weighted by molar-refractivity contribution is 0.0957. The van der Waals surface area contributed by atoms with Gasteiger partial charge in [0.15, 0.2) is 5.78 Å². The Morgan fingerprint density at radius 1 is 1.30 bits per heavy atom. The lowest BCUT2D eigenvalue weighted by Crippen LogP contribution is -2.39. The van der Waals surface area contributed by atoms with Gasteiger partial charge in [0, 0.05) is 18.0 Å². The SMILES string of the molecule is CCC1CCNC(CC(=O)c2ccc(C(C)C)cc2)C1. The topological polar surface area (TPSA) is 29.1 Å². The number of Topliss-reactive ketones (excluding diaryl/α,β-unsaturated/α-hetero) is 1. The molecule has 2 nitrogen and oxygen atoms in total. The fourth-order valence-corrected chi connectivity index (χ4v) is 3.02. The zero-order valence-corrected chi connectivity index (χ0v) is 13.0. The van der Waals surface area contributed by atoms with Gasteiger partial charge in [-0.3, -0.25) is 4.79 Å². The van der Waals surface area contributed by atoms with E-state index in [1.54, 1.807) is 0 Å². The van der Waals surface area contributed by atoms with Crippen LogP contribution in [0.5, 0.6) is 0 Å². The first-order chi connectivity index (χ1) is 9.60. The third-order valence-corrected chi connectivity index (χ3v) is 4.51. The van der Waals surface area contributed by atoms with Crippen LogP contribution in [0.3, 0.4) is 0 Å². The maximum Gasteiger partial charge on any atom is 0.164 e. The van der Waals surface area contributed by atoms with E-state index >= 15 is 0 Å². The lowest BCUT2D eigenvalue weighted by atomic mass is 9.87. The molecule has 1 aromatic rings. The first kappa shape index (κ1) is 15.2. The Bertz CT molecular complexity index is 435. The second-order valence-corrected chi connectivity index (χ2v) is 6.35. The Labute approximate surface area is 123 Å². The maximum atomic E-state index is 12.3. The van der Waals surface area contributed by atoms with E-state index in [1.165, 1.54) is 18.4 Å². The number of hydrogen-bond donors (Lipinski definition) is 1. The van der Waals surface area contributed by atoms with Crippen LogP contribution in [0.4, 0.5) is 0 Å². The third kappa shape index (κ3) is 3.92. The number of benzene rings is 1. The van der Waals surface area contributed by atoms with Gasteiger partial charge in [0.05, 0.1) is 0 Å². The first-order valence-corrected chi connectivity index (χ1v) is 7.96. The summed E-state index contributed by atoms with van der Waals surface area (Å²) < 4.78 is 0. The fourth-order valence-electron chi connectivity index (χ4n) is 3.02. The monoisotopic (exact) mass is 273 g/mol. The molecule has 1 fully saturated rings. The summed E-state index contributed by atoms with van der Waals surface area (Å²) in [6.07, 6.45) is 4.27. The average Bonchev–Trinajstić information content (AvgIpc) is 2.47. The van der Waals surface area contributed by atoms with Crippen molar-refractivity contribution >= 4 is 5.78 Å². The molecule has 1 N–H and O–H groups in total. The highest BCUT2D eigenvalue weighted by Gasteiger charge is 2.22. The van der Waals surface area contributed by atoms with Gasteiger partial charge in [-0.1, -0.05) is 51.5 Å². The van der Waals surface area contributed by atoms with E-state index in [-0.39, 0.29) is 5.78 Å². The van der Waals surface area contributed by atoms with E-state index in [4.69, 9.17) is 0 Å². The Balaban J connectivity index is 1.94. The molecule has 20 heavy (non-hydrogen) atoms. The van der Waals surface area contributed by atoms with Crippen LogP contribution in [0.25, 0.3) is 0 Å². The molecule has 0 bridgehead atoms. The van der Waals surface area contributed by atoms with Gasteiger partial charge in [-0.15, -0.1) is 0 Å². The largest absolute Gasteiger partial charge is 0.314 e. The van der Waals surface area contributed by atoms with Crippen LogP contribution in [0, 0.1) is 5.92 Å². The van der Waals surface area contributed by atoms with Crippen molar-refractivity contribution in [3.8, 4) is 0 Å². The summed E-state index contributed by atoms with van der Waals surface area (Å²) >= 11 is 0. The number of ketones is 1. The molecule has 1 aliphatic rings. The Hall–Kier alpha value is -1.15. The maximum absolute atomic E-state index is 12.3. The van der Waals surface area contributed by atoms with Gasteiger partial charge in [0.1, 0.15) is 0 Å². The highest BCUT2D eigenvalue weighted by atomic mass is 16.1. The van der Waals surface area contributed by atoms with Gasteiger partial charge in [-0.25, -0.2) is 0 Å². The van der Waals surface area contributed by atoms with E-state index in [2.05, 4.69) is 38.2 Å². The van der Waals surface area contributed by atoms with Crippen LogP contribution in [0.1, 0.15) is 68.3 Å². The van der Waals surface area contributed by atoms with Gasteiger partial charge in [0.25, 0.3) is 0 Å². The molecule has 2 atom stereocenters. The van der Waals surface area contributed by atoms with Crippen molar-refractivity contribution in [1.82, 2.24) is 5.32 Å². The van der Waals surface area contributed by atoms with Crippen LogP contribution in [-0.2, 0) is 0 Å². The highest BCUT2D eigenvalue weighted by Crippen LogP contribution is 2.22. The molecule has 0 spiro atoms. The molecule has 0 amide bonds. The first-order valence-electron chi connectivity index (χ1n) is 7.96. The Kier molecular flexibility index (Phi) is 5.36. The number of piperidine rings is 1. The molecule has 1 aromatic carbocycles. The second kappa shape index (κ2) is 7.03. The summed E-state index contributed by atoms with van der Waals surface area (Å²) in [6, 6.07) is 8.50. The minimum atomic E-state index is 0.273. The van der Waals surface area contributed by atoms with Crippen LogP contribution in [0.15, 0.2) is 24.3 Å². The number of hydrogen-bond acceptors (Lipinski definition) is 2. The number of carbonyl (C=O) groups excluding carboxylic acids is 1. The highest BCUT2D eigenvalue weighted by molar-refractivity contribution is 5.96. The van der Waals surface area contributed by atoms with E-state index in [9.17, 15) is 4.79 Å². The molecule has 2 unspecified atom stereocenters. The molecule has 0 radical (unpaired) electrons. The van der Waals surface area contributed by atoms with Gasteiger partial charge < -0.3 is 5.32 Å². The smallest absolute Gasteiger partial charge is 0.164 e. The van der Waals surface area contributed by atoms with Crippen LogP contribution >= 0.6 is 0 Å². The number of rotatable bonds is 5. The molecular weight excluding hydrogens is 246 g/mol. The molecule has 1 saturated heterocycles. The lowest BCUT2D eigenvalue weighted by Gasteiger charge is -2.29. The van der Waals surface area contributed by atoms with Crippen LogP contribution in [-0.4, -0.2) is 18.4 Å². The summed E-state index contributed by atoms with van der Waals surface area (Å²) in [6.45, 7) is 7.66. The van der Waals surface area contributed by atoms with Crippen molar-refractivity contribution in [3.63, 3.8) is 0 Å². The zero-order chi connectivity index (χ0) is 14.5. The van der Waals surface area contributed by atoms with Crippen molar-refractivity contribution in [1.29, 1.82) is 0 Å².